The van der Waals surface area contributed by atoms with Gasteiger partial charge in [0.05, 0.1) is 11.6 Å². The summed E-state index contributed by atoms with van der Waals surface area (Å²) in [5.41, 5.74) is 1.77. The lowest BCUT2D eigenvalue weighted by molar-refractivity contribution is -0.112. The summed E-state index contributed by atoms with van der Waals surface area (Å²) in [5, 5.41) is 12.7. The van der Waals surface area contributed by atoms with E-state index in [4.69, 9.17) is 9.55 Å². The Hall–Kier alpha value is -2.72. The number of rotatable bonds is 4. The average Bonchev–Trinajstić information content (AvgIpc) is 2.68. The van der Waals surface area contributed by atoms with E-state index in [0.717, 1.165) is 25.7 Å². The predicted octanol–water partition coefficient (Wildman–Crippen LogP) is 3.66. The molecule has 27 heavy (non-hydrogen) atoms. The first kappa shape index (κ1) is 19.1. The van der Waals surface area contributed by atoms with Gasteiger partial charge in [0.25, 0.3) is 0 Å². The fourth-order valence-corrected chi connectivity index (χ4v) is 4.15. The van der Waals surface area contributed by atoms with Crippen LogP contribution in [0.2, 0.25) is 0 Å². The Balaban J connectivity index is 1.86. The molecule has 0 aliphatic heterocycles. The van der Waals surface area contributed by atoms with Crippen LogP contribution in [0.5, 0.6) is 0 Å². The summed E-state index contributed by atoms with van der Waals surface area (Å²) in [5.74, 6) is 0.146. The minimum Gasteiger partial charge on any atom is -0.290 e. The first-order valence-electron chi connectivity index (χ1n) is 8.87. The zero-order chi connectivity index (χ0) is 19.4. The van der Waals surface area contributed by atoms with Crippen LogP contribution in [0.3, 0.4) is 0 Å². The molecule has 1 aromatic rings. The number of ketones is 1. The molecule has 0 spiro atoms. The molecule has 0 amide bonds. The zero-order valence-corrected chi connectivity index (χ0v) is 15.8. The smallest absolute Gasteiger partial charge is 0.290 e. The third-order valence-corrected chi connectivity index (χ3v) is 5.96. The second-order valence-electron chi connectivity index (χ2n) is 6.77. The van der Waals surface area contributed by atoms with Gasteiger partial charge in [-0.1, -0.05) is 30.5 Å². The highest BCUT2D eigenvalue weighted by molar-refractivity contribution is 7.86. The predicted molar refractivity (Wildman–Crippen MR) is 100 cm³/mol. The minimum absolute atomic E-state index is 0.0390. The molecule has 3 rings (SSSR count). The van der Waals surface area contributed by atoms with E-state index in [9.17, 15) is 13.2 Å². The van der Waals surface area contributed by atoms with Gasteiger partial charge in [0.1, 0.15) is 10.6 Å². The van der Waals surface area contributed by atoms with Crippen molar-refractivity contribution in [1.29, 1.82) is 5.26 Å². The molecule has 0 radical (unpaired) electrons. The molecular weight excluding hydrogens is 364 g/mol. The highest BCUT2D eigenvalue weighted by atomic mass is 32.2. The second-order valence-corrected chi connectivity index (χ2v) is 8.30. The van der Waals surface area contributed by atoms with Gasteiger partial charge in [-0.3, -0.25) is 9.08 Å². The fraction of sp³-hybridized carbons (Fsp3) is 0.350. The van der Waals surface area contributed by atoms with E-state index in [0.29, 0.717) is 16.9 Å². The third-order valence-electron chi connectivity index (χ3n) is 4.86. The van der Waals surface area contributed by atoms with Crippen LogP contribution in [0.15, 0.2) is 57.6 Å². The number of oxime groups is 1. The van der Waals surface area contributed by atoms with Gasteiger partial charge in [-0.15, -0.1) is 0 Å². The van der Waals surface area contributed by atoms with Crippen molar-refractivity contribution in [3.63, 3.8) is 0 Å². The number of carbonyl (C=O) groups is 1. The Morgan fingerprint density at radius 2 is 1.93 bits per heavy atom. The number of nitrogens with zero attached hydrogens (tertiary/aromatic N) is 2. The molecule has 0 bridgehead atoms. The largest absolute Gasteiger partial charge is 0.358 e. The molecule has 6 nitrogen and oxygen atoms in total. The first-order valence-corrected chi connectivity index (χ1v) is 10.3. The van der Waals surface area contributed by atoms with Gasteiger partial charge in [0, 0.05) is 5.57 Å². The molecular formula is C20H20N2O4S. The number of hydrogen-bond donors (Lipinski definition) is 0. The van der Waals surface area contributed by atoms with E-state index >= 15 is 0 Å². The number of allylic oxidation sites excluding steroid dienone is 4. The highest BCUT2D eigenvalue weighted by Crippen LogP contribution is 2.32. The number of carbonyl (C=O) groups excluding carboxylic acids is 1. The average molecular weight is 384 g/mol. The lowest BCUT2D eigenvalue weighted by Gasteiger charge is -2.25. The maximum absolute atomic E-state index is 12.4. The van der Waals surface area contributed by atoms with Crippen LogP contribution in [0.25, 0.3) is 0 Å². The monoisotopic (exact) mass is 384 g/mol. The van der Waals surface area contributed by atoms with E-state index in [1.54, 1.807) is 13.0 Å². The van der Waals surface area contributed by atoms with E-state index in [2.05, 4.69) is 5.16 Å². The molecule has 0 atom stereocenters. The van der Waals surface area contributed by atoms with Crippen molar-refractivity contribution in [1.82, 2.24) is 0 Å². The summed E-state index contributed by atoms with van der Waals surface area (Å²) < 4.78 is 29.6. The zero-order valence-electron chi connectivity index (χ0n) is 15.0. The summed E-state index contributed by atoms with van der Waals surface area (Å²) >= 11 is 0. The van der Waals surface area contributed by atoms with Gasteiger partial charge in [-0.2, -0.15) is 13.7 Å². The number of hydrogen-bond acceptors (Lipinski definition) is 6. The highest BCUT2D eigenvalue weighted by Gasteiger charge is 2.26. The van der Waals surface area contributed by atoms with E-state index < -0.39 is 10.1 Å². The molecule has 0 unspecified atom stereocenters. The van der Waals surface area contributed by atoms with Gasteiger partial charge in [0.15, 0.2) is 5.78 Å². The van der Waals surface area contributed by atoms with Gasteiger partial charge in [0.2, 0.25) is 0 Å². The van der Waals surface area contributed by atoms with Crippen molar-refractivity contribution >= 4 is 21.6 Å². The molecule has 1 saturated carbocycles. The van der Waals surface area contributed by atoms with Crippen LogP contribution in [-0.2, 0) is 19.2 Å². The molecule has 7 heteroatoms. The molecule has 0 N–H and O–H groups in total. The molecule has 140 valence electrons. The van der Waals surface area contributed by atoms with Crippen molar-refractivity contribution in [2.45, 2.75) is 43.9 Å². The van der Waals surface area contributed by atoms with Crippen molar-refractivity contribution < 1.29 is 17.5 Å². The first-order chi connectivity index (χ1) is 12.9. The van der Waals surface area contributed by atoms with Crippen LogP contribution >= 0.6 is 0 Å². The number of benzene rings is 1. The lowest BCUT2D eigenvalue weighted by atomic mass is 9.79. The Bertz CT molecular complexity index is 991. The standard InChI is InChI=1S/C20H20N2O4S/c1-14-10-20(23)18(16-7-3-2-4-8-16)12-19(14)22-26-27(24,25)17-9-5-6-15(11-17)13-21/h5-6,9-12,16H,2-4,7-8H2,1H3/b22-19-. The SMILES string of the molecule is CC1=CC(=O)C(C2CCCCC2)=C/C1=N/OS(=O)(=O)c1cccc(C#N)c1. The topological polar surface area (TPSA) is 96.6 Å². The van der Waals surface area contributed by atoms with Gasteiger partial charge < -0.3 is 0 Å². The quantitative estimate of drug-likeness (QED) is 0.583. The van der Waals surface area contributed by atoms with Crippen molar-refractivity contribution in [2.24, 2.45) is 11.1 Å². The van der Waals surface area contributed by atoms with Gasteiger partial charge in [-0.05, 0) is 61.6 Å². The van der Waals surface area contributed by atoms with Crippen LogP contribution in [0.4, 0.5) is 0 Å². The molecule has 0 heterocycles. The van der Waals surface area contributed by atoms with E-state index in [1.165, 1.54) is 36.8 Å². The van der Waals surface area contributed by atoms with E-state index in [-0.39, 0.29) is 22.2 Å². The summed E-state index contributed by atoms with van der Waals surface area (Å²) in [6.45, 7) is 1.69. The van der Waals surface area contributed by atoms with Gasteiger partial charge >= 0.3 is 10.1 Å². The maximum Gasteiger partial charge on any atom is 0.358 e. The minimum atomic E-state index is -4.15. The summed E-state index contributed by atoms with van der Waals surface area (Å²) in [6, 6.07) is 7.42. The molecule has 0 aromatic heterocycles. The Labute approximate surface area is 159 Å². The van der Waals surface area contributed by atoms with E-state index in [1.807, 2.05) is 6.07 Å². The van der Waals surface area contributed by atoms with Crippen LogP contribution in [0.1, 0.15) is 44.6 Å². The maximum atomic E-state index is 12.4. The van der Waals surface area contributed by atoms with Crippen LogP contribution in [0, 0.1) is 17.2 Å². The molecule has 1 fully saturated rings. The Morgan fingerprint density at radius 3 is 2.63 bits per heavy atom. The lowest BCUT2D eigenvalue weighted by Crippen LogP contribution is -2.20. The Morgan fingerprint density at radius 1 is 1.19 bits per heavy atom. The van der Waals surface area contributed by atoms with Crippen molar-refractivity contribution in [2.75, 3.05) is 0 Å². The summed E-state index contributed by atoms with van der Waals surface area (Å²) in [6.07, 6.45) is 8.39. The summed E-state index contributed by atoms with van der Waals surface area (Å²) in [7, 11) is -4.15. The van der Waals surface area contributed by atoms with Crippen molar-refractivity contribution in [3.05, 3.63) is 53.1 Å². The molecule has 0 saturated heterocycles. The van der Waals surface area contributed by atoms with Crippen LogP contribution < -0.4 is 0 Å². The third kappa shape index (κ3) is 4.34. The molecule has 2 aliphatic rings. The van der Waals surface area contributed by atoms with Gasteiger partial charge in [-0.25, -0.2) is 0 Å². The molecule has 2 aliphatic carbocycles. The molecule has 1 aromatic carbocycles. The second kappa shape index (κ2) is 7.89. The normalized spacial score (nSPS) is 20.0. The Kier molecular flexibility index (Phi) is 5.57. The van der Waals surface area contributed by atoms with Crippen molar-refractivity contribution in [3.8, 4) is 6.07 Å². The summed E-state index contributed by atoms with van der Waals surface area (Å²) in [4.78, 5) is 12.2. The van der Waals surface area contributed by atoms with Crippen LogP contribution in [-0.4, -0.2) is 19.9 Å². The fourth-order valence-electron chi connectivity index (χ4n) is 3.37. The number of nitriles is 1.